The largest absolute Gasteiger partial charge is 0.322 e. The molecule has 0 spiro atoms. The number of benzene rings is 2. The number of carbonyl (C=O) groups is 1. The zero-order chi connectivity index (χ0) is 15.5. The number of halogens is 1. The molecule has 22 heavy (non-hydrogen) atoms. The SMILES string of the molecule is Cc1cc(Br)ccc1NC(=O)c1cnn(-c2ccccc2)c1. The normalized spacial score (nSPS) is 10.5. The van der Waals surface area contributed by atoms with Crippen LogP contribution >= 0.6 is 15.9 Å². The van der Waals surface area contributed by atoms with Gasteiger partial charge in [-0.1, -0.05) is 34.1 Å². The van der Waals surface area contributed by atoms with E-state index in [4.69, 9.17) is 0 Å². The van der Waals surface area contributed by atoms with Crippen molar-refractivity contribution in [3.8, 4) is 5.69 Å². The predicted molar refractivity (Wildman–Crippen MR) is 90.4 cm³/mol. The van der Waals surface area contributed by atoms with Gasteiger partial charge in [0.05, 0.1) is 17.4 Å². The maximum absolute atomic E-state index is 12.3. The van der Waals surface area contributed by atoms with Gasteiger partial charge in [0, 0.05) is 16.4 Å². The molecule has 0 radical (unpaired) electrons. The maximum atomic E-state index is 12.3. The average Bonchev–Trinajstić information content (AvgIpc) is 3.01. The minimum Gasteiger partial charge on any atom is -0.322 e. The number of aromatic nitrogens is 2. The summed E-state index contributed by atoms with van der Waals surface area (Å²) in [5.41, 5.74) is 3.23. The highest BCUT2D eigenvalue weighted by Crippen LogP contribution is 2.20. The van der Waals surface area contributed by atoms with Crippen molar-refractivity contribution in [2.45, 2.75) is 6.92 Å². The Morgan fingerprint density at radius 3 is 2.68 bits per heavy atom. The van der Waals surface area contributed by atoms with Crippen LogP contribution in [0.4, 0.5) is 5.69 Å². The molecule has 1 aromatic heterocycles. The first-order valence-corrected chi connectivity index (χ1v) is 7.60. The Kier molecular flexibility index (Phi) is 4.06. The van der Waals surface area contributed by atoms with E-state index in [2.05, 4.69) is 26.3 Å². The van der Waals surface area contributed by atoms with Crippen LogP contribution in [-0.4, -0.2) is 15.7 Å². The topological polar surface area (TPSA) is 46.9 Å². The number of anilines is 1. The minimum atomic E-state index is -0.174. The molecule has 0 aliphatic rings. The molecule has 0 unspecified atom stereocenters. The molecule has 0 saturated heterocycles. The van der Waals surface area contributed by atoms with Crippen LogP contribution in [0, 0.1) is 6.92 Å². The third kappa shape index (κ3) is 3.09. The van der Waals surface area contributed by atoms with Gasteiger partial charge in [-0.3, -0.25) is 4.79 Å². The highest BCUT2D eigenvalue weighted by Gasteiger charge is 2.11. The maximum Gasteiger partial charge on any atom is 0.258 e. The lowest BCUT2D eigenvalue weighted by molar-refractivity contribution is 0.102. The molecule has 0 saturated carbocycles. The summed E-state index contributed by atoms with van der Waals surface area (Å²) < 4.78 is 2.67. The number of aryl methyl sites for hydroxylation is 1. The zero-order valence-electron chi connectivity index (χ0n) is 12.0. The second-order valence-corrected chi connectivity index (χ2v) is 5.84. The van der Waals surface area contributed by atoms with Crippen LogP contribution in [0.2, 0.25) is 0 Å². The molecule has 0 bridgehead atoms. The fourth-order valence-corrected chi connectivity index (χ4v) is 2.60. The van der Waals surface area contributed by atoms with Crippen LogP contribution in [0.3, 0.4) is 0 Å². The Labute approximate surface area is 136 Å². The summed E-state index contributed by atoms with van der Waals surface area (Å²) in [6, 6.07) is 15.4. The molecule has 0 fully saturated rings. The van der Waals surface area contributed by atoms with Gasteiger partial charge in [0.25, 0.3) is 5.91 Å². The van der Waals surface area contributed by atoms with Crippen LogP contribution in [0.25, 0.3) is 5.69 Å². The van der Waals surface area contributed by atoms with Gasteiger partial charge in [0.1, 0.15) is 0 Å². The molecule has 3 aromatic rings. The number of carbonyl (C=O) groups excluding carboxylic acids is 1. The van der Waals surface area contributed by atoms with Gasteiger partial charge in [-0.25, -0.2) is 4.68 Å². The van der Waals surface area contributed by atoms with Crippen molar-refractivity contribution in [2.24, 2.45) is 0 Å². The van der Waals surface area contributed by atoms with Crippen molar-refractivity contribution in [1.82, 2.24) is 9.78 Å². The Bertz CT molecular complexity index is 812. The lowest BCUT2D eigenvalue weighted by atomic mass is 10.2. The Balaban J connectivity index is 1.80. The smallest absolute Gasteiger partial charge is 0.258 e. The Hall–Kier alpha value is -2.40. The van der Waals surface area contributed by atoms with E-state index in [-0.39, 0.29) is 5.91 Å². The average molecular weight is 356 g/mol. The third-order valence-electron chi connectivity index (χ3n) is 3.30. The Morgan fingerprint density at radius 2 is 1.95 bits per heavy atom. The molecule has 0 atom stereocenters. The molecule has 5 heteroatoms. The van der Waals surface area contributed by atoms with Gasteiger partial charge in [0.15, 0.2) is 0 Å². The first kappa shape index (κ1) is 14.5. The molecule has 0 aliphatic carbocycles. The summed E-state index contributed by atoms with van der Waals surface area (Å²) >= 11 is 3.41. The van der Waals surface area contributed by atoms with E-state index in [1.165, 1.54) is 0 Å². The molecule has 1 amide bonds. The fraction of sp³-hybridized carbons (Fsp3) is 0.0588. The number of hydrogen-bond acceptors (Lipinski definition) is 2. The molecular formula is C17H14BrN3O. The van der Waals surface area contributed by atoms with Crippen LogP contribution < -0.4 is 5.32 Å². The quantitative estimate of drug-likeness (QED) is 0.765. The number of rotatable bonds is 3. The van der Waals surface area contributed by atoms with Gasteiger partial charge in [-0.2, -0.15) is 5.10 Å². The highest BCUT2D eigenvalue weighted by atomic mass is 79.9. The van der Waals surface area contributed by atoms with Gasteiger partial charge >= 0.3 is 0 Å². The second kappa shape index (κ2) is 6.15. The van der Waals surface area contributed by atoms with Crippen molar-refractivity contribution in [2.75, 3.05) is 5.32 Å². The van der Waals surface area contributed by atoms with E-state index in [9.17, 15) is 4.79 Å². The molecular weight excluding hydrogens is 342 g/mol. The van der Waals surface area contributed by atoms with Crippen LogP contribution in [0.1, 0.15) is 15.9 Å². The molecule has 1 N–H and O–H groups in total. The molecule has 2 aromatic carbocycles. The lowest BCUT2D eigenvalue weighted by Crippen LogP contribution is -2.12. The van der Waals surface area contributed by atoms with Gasteiger partial charge in [0.2, 0.25) is 0 Å². The number of hydrogen-bond donors (Lipinski definition) is 1. The summed E-state index contributed by atoms with van der Waals surface area (Å²) in [4.78, 5) is 12.3. The van der Waals surface area contributed by atoms with E-state index >= 15 is 0 Å². The summed E-state index contributed by atoms with van der Waals surface area (Å²) in [7, 11) is 0. The summed E-state index contributed by atoms with van der Waals surface area (Å²) in [5.74, 6) is -0.174. The van der Waals surface area contributed by atoms with Crippen LogP contribution in [0.5, 0.6) is 0 Å². The molecule has 4 nitrogen and oxygen atoms in total. The van der Waals surface area contributed by atoms with E-state index < -0.39 is 0 Å². The number of nitrogens with zero attached hydrogens (tertiary/aromatic N) is 2. The number of para-hydroxylation sites is 1. The van der Waals surface area contributed by atoms with Crippen LogP contribution in [-0.2, 0) is 0 Å². The standard InChI is InChI=1S/C17H14BrN3O/c1-12-9-14(18)7-8-16(12)20-17(22)13-10-19-21(11-13)15-5-3-2-4-6-15/h2-11H,1H3,(H,20,22). The van der Waals surface area contributed by atoms with Crippen molar-refractivity contribution in [3.05, 3.63) is 76.5 Å². The minimum absolute atomic E-state index is 0.174. The monoisotopic (exact) mass is 355 g/mol. The predicted octanol–water partition coefficient (Wildman–Crippen LogP) is 4.20. The summed E-state index contributed by atoms with van der Waals surface area (Å²) in [6.45, 7) is 1.95. The molecule has 3 rings (SSSR count). The van der Waals surface area contributed by atoms with Crippen molar-refractivity contribution in [3.63, 3.8) is 0 Å². The van der Waals surface area contributed by atoms with E-state index in [1.807, 2.05) is 55.5 Å². The van der Waals surface area contributed by atoms with Gasteiger partial charge < -0.3 is 5.32 Å². The van der Waals surface area contributed by atoms with E-state index in [0.717, 1.165) is 21.4 Å². The zero-order valence-corrected chi connectivity index (χ0v) is 13.5. The lowest BCUT2D eigenvalue weighted by Gasteiger charge is -2.07. The van der Waals surface area contributed by atoms with Crippen molar-refractivity contribution < 1.29 is 4.79 Å². The third-order valence-corrected chi connectivity index (χ3v) is 3.80. The number of nitrogens with one attached hydrogen (secondary N) is 1. The second-order valence-electron chi connectivity index (χ2n) is 4.92. The number of amides is 1. The van der Waals surface area contributed by atoms with E-state index in [0.29, 0.717) is 5.56 Å². The summed E-state index contributed by atoms with van der Waals surface area (Å²) in [6.07, 6.45) is 3.29. The fourth-order valence-electron chi connectivity index (χ4n) is 2.12. The van der Waals surface area contributed by atoms with Gasteiger partial charge in [-0.15, -0.1) is 0 Å². The van der Waals surface area contributed by atoms with Crippen molar-refractivity contribution >= 4 is 27.5 Å². The van der Waals surface area contributed by atoms with Gasteiger partial charge in [-0.05, 0) is 42.8 Å². The first-order chi connectivity index (χ1) is 10.6. The molecule has 110 valence electrons. The summed E-state index contributed by atoms with van der Waals surface area (Å²) in [5, 5.41) is 7.14. The Morgan fingerprint density at radius 1 is 1.18 bits per heavy atom. The van der Waals surface area contributed by atoms with Crippen LogP contribution in [0.15, 0.2) is 65.4 Å². The highest BCUT2D eigenvalue weighted by molar-refractivity contribution is 9.10. The molecule has 0 aliphatic heterocycles. The molecule has 1 heterocycles. The first-order valence-electron chi connectivity index (χ1n) is 6.81. The van der Waals surface area contributed by atoms with Crippen molar-refractivity contribution in [1.29, 1.82) is 0 Å². The van der Waals surface area contributed by atoms with E-state index in [1.54, 1.807) is 17.1 Å².